The van der Waals surface area contributed by atoms with Gasteiger partial charge in [0, 0.05) is 10.5 Å². The lowest BCUT2D eigenvalue weighted by molar-refractivity contribution is -0.111. The van der Waals surface area contributed by atoms with Crippen LogP contribution in [0.5, 0.6) is 0 Å². The van der Waals surface area contributed by atoms with Gasteiger partial charge in [0.05, 0.1) is 5.69 Å². The Morgan fingerprint density at radius 2 is 1.85 bits per heavy atom. The molecule has 1 amide bonds. The largest absolute Gasteiger partial charge is 0.321 e. The fourth-order valence-corrected chi connectivity index (χ4v) is 2.43. The smallest absolute Gasteiger partial charge is 0.248 e. The molecule has 0 unspecified atom stereocenters. The minimum Gasteiger partial charge on any atom is -0.321 e. The summed E-state index contributed by atoms with van der Waals surface area (Å²) in [5, 5.41) is 2.85. The van der Waals surface area contributed by atoms with Gasteiger partial charge >= 0.3 is 0 Å². The monoisotopic (exact) mass is 329 g/mol. The second-order valence-corrected chi connectivity index (χ2v) is 5.57. The fourth-order valence-electron chi connectivity index (χ4n) is 1.84. The molecule has 2 aromatic carbocycles. The molecule has 0 aliphatic carbocycles. The number of amides is 1. The van der Waals surface area contributed by atoms with Crippen molar-refractivity contribution >= 4 is 33.6 Å². The van der Waals surface area contributed by atoms with Gasteiger partial charge in [0.15, 0.2) is 0 Å². The van der Waals surface area contributed by atoms with Crippen molar-refractivity contribution in [3.63, 3.8) is 0 Å². The van der Waals surface area contributed by atoms with Crippen LogP contribution in [0.1, 0.15) is 16.7 Å². The second-order valence-electron chi connectivity index (χ2n) is 4.72. The molecule has 0 heterocycles. The standard InChI is InChI=1S/C17H16BrNO/c1-12-4-3-5-14(10-12)7-9-17(20)19-16-8-6-13(2)11-15(16)18/h3-11H,1-2H3,(H,19,20)/b9-7+. The molecule has 0 spiro atoms. The highest BCUT2D eigenvalue weighted by Gasteiger charge is 2.02. The summed E-state index contributed by atoms with van der Waals surface area (Å²) in [5.41, 5.74) is 4.11. The number of hydrogen-bond donors (Lipinski definition) is 1. The van der Waals surface area contributed by atoms with Crippen molar-refractivity contribution in [2.45, 2.75) is 13.8 Å². The van der Waals surface area contributed by atoms with Crippen molar-refractivity contribution in [1.29, 1.82) is 0 Å². The van der Waals surface area contributed by atoms with E-state index in [0.29, 0.717) is 0 Å². The molecule has 2 aromatic rings. The Kier molecular flexibility index (Phi) is 4.74. The van der Waals surface area contributed by atoms with Crippen LogP contribution < -0.4 is 5.32 Å². The Balaban J connectivity index is 2.05. The maximum Gasteiger partial charge on any atom is 0.248 e. The zero-order valence-electron chi connectivity index (χ0n) is 11.5. The lowest BCUT2D eigenvalue weighted by atomic mass is 10.1. The Hall–Kier alpha value is -1.87. The Morgan fingerprint density at radius 3 is 2.55 bits per heavy atom. The van der Waals surface area contributed by atoms with Crippen molar-refractivity contribution in [2.24, 2.45) is 0 Å². The molecular weight excluding hydrogens is 314 g/mol. The number of benzene rings is 2. The fraction of sp³-hybridized carbons (Fsp3) is 0.118. The van der Waals surface area contributed by atoms with Crippen LogP contribution in [-0.4, -0.2) is 5.91 Å². The normalized spacial score (nSPS) is 10.8. The molecule has 0 aliphatic rings. The van der Waals surface area contributed by atoms with Gasteiger partial charge in [-0.05, 0) is 59.1 Å². The Morgan fingerprint density at radius 1 is 1.10 bits per heavy atom. The average Bonchev–Trinajstić information content (AvgIpc) is 2.40. The summed E-state index contributed by atoms with van der Waals surface area (Å²) in [7, 11) is 0. The summed E-state index contributed by atoms with van der Waals surface area (Å²) in [6.45, 7) is 4.04. The van der Waals surface area contributed by atoms with Crippen LogP contribution in [0.4, 0.5) is 5.69 Å². The van der Waals surface area contributed by atoms with Gasteiger partial charge < -0.3 is 5.32 Å². The highest BCUT2D eigenvalue weighted by molar-refractivity contribution is 9.10. The minimum atomic E-state index is -0.143. The minimum absolute atomic E-state index is 0.143. The summed E-state index contributed by atoms with van der Waals surface area (Å²) in [6.07, 6.45) is 3.35. The third-order valence-corrected chi connectivity index (χ3v) is 3.51. The second kappa shape index (κ2) is 6.53. The molecule has 0 saturated heterocycles. The van der Waals surface area contributed by atoms with Crippen molar-refractivity contribution in [1.82, 2.24) is 0 Å². The molecule has 2 rings (SSSR count). The van der Waals surface area contributed by atoms with E-state index in [0.717, 1.165) is 21.3 Å². The predicted octanol–water partition coefficient (Wildman–Crippen LogP) is 4.72. The lowest BCUT2D eigenvalue weighted by Gasteiger charge is -2.05. The van der Waals surface area contributed by atoms with Crippen LogP contribution in [-0.2, 0) is 4.79 Å². The van der Waals surface area contributed by atoms with Gasteiger partial charge in [0.2, 0.25) is 5.91 Å². The van der Waals surface area contributed by atoms with Crippen molar-refractivity contribution < 1.29 is 4.79 Å². The van der Waals surface area contributed by atoms with E-state index in [2.05, 4.69) is 21.2 Å². The van der Waals surface area contributed by atoms with E-state index in [1.54, 1.807) is 6.08 Å². The molecule has 0 radical (unpaired) electrons. The zero-order valence-corrected chi connectivity index (χ0v) is 13.1. The molecule has 2 nitrogen and oxygen atoms in total. The molecule has 0 aromatic heterocycles. The van der Waals surface area contributed by atoms with E-state index >= 15 is 0 Å². The van der Waals surface area contributed by atoms with E-state index in [4.69, 9.17) is 0 Å². The molecule has 1 N–H and O–H groups in total. The van der Waals surface area contributed by atoms with E-state index in [1.165, 1.54) is 5.56 Å². The third kappa shape index (κ3) is 4.07. The number of carbonyl (C=O) groups excluding carboxylic acids is 1. The first-order chi connectivity index (χ1) is 9.54. The molecule has 0 fully saturated rings. The van der Waals surface area contributed by atoms with Gasteiger partial charge in [-0.3, -0.25) is 4.79 Å². The first-order valence-electron chi connectivity index (χ1n) is 6.36. The van der Waals surface area contributed by atoms with Gasteiger partial charge in [-0.2, -0.15) is 0 Å². The third-order valence-electron chi connectivity index (χ3n) is 2.85. The van der Waals surface area contributed by atoms with Gasteiger partial charge in [-0.1, -0.05) is 35.9 Å². The molecule has 20 heavy (non-hydrogen) atoms. The van der Waals surface area contributed by atoms with Gasteiger partial charge in [-0.25, -0.2) is 0 Å². The van der Waals surface area contributed by atoms with Crippen molar-refractivity contribution in [3.05, 3.63) is 69.7 Å². The van der Waals surface area contributed by atoms with Crippen LogP contribution in [0.2, 0.25) is 0 Å². The molecule has 3 heteroatoms. The summed E-state index contributed by atoms with van der Waals surface area (Å²) in [5.74, 6) is -0.143. The summed E-state index contributed by atoms with van der Waals surface area (Å²) < 4.78 is 0.884. The average molecular weight is 330 g/mol. The van der Waals surface area contributed by atoms with E-state index in [1.807, 2.05) is 62.4 Å². The van der Waals surface area contributed by atoms with Crippen LogP contribution in [0.3, 0.4) is 0 Å². The SMILES string of the molecule is Cc1cccc(/C=C/C(=O)Nc2ccc(C)cc2Br)c1. The van der Waals surface area contributed by atoms with Gasteiger partial charge in [-0.15, -0.1) is 0 Å². The maximum absolute atomic E-state index is 11.9. The highest BCUT2D eigenvalue weighted by atomic mass is 79.9. The number of rotatable bonds is 3. The van der Waals surface area contributed by atoms with E-state index < -0.39 is 0 Å². The number of halogens is 1. The molecule has 0 saturated carbocycles. The Bertz CT molecular complexity index is 662. The number of hydrogen-bond acceptors (Lipinski definition) is 1. The number of nitrogens with one attached hydrogen (secondary N) is 1. The molecule has 102 valence electrons. The predicted molar refractivity (Wildman–Crippen MR) is 87.7 cm³/mol. The molecule has 0 aliphatic heterocycles. The van der Waals surface area contributed by atoms with E-state index in [9.17, 15) is 4.79 Å². The number of aryl methyl sites for hydroxylation is 2. The Labute approximate surface area is 127 Å². The van der Waals surface area contributed by atoms with E-state index in [-0.39, 0.29) is 5.91 Å². The van der Waals surface area contributed by atoms with Crippen LogP contribution in [0.25, 0.3) is 6.08 Å². The maximum atomic E-state index is 11.9. The summed E-state index contributed by atoms with van der Waals surface area (Å²) in [6, 6.07) is 13.8. The lowest BCUT2D eigenvalue weighted by Crippen LogP contribution is -2.08. The quantitative estimate of drug-likeness (QED) is 0.811. The topological polar surface area (TPSA) is 29.1 Å². The number of anilines is 1. The molecule has 0 bridgehead atoms. The van der Waals surface area contributed by atoms with Crippen LogP contribution in [0.15, 0.2) is 53.0 Å². The molecule has 0 atom stereocenters. The van der Waals surface area contributed by atoms with Gasteiger partial charge in [0.1, 0.15) is 0 Å². The summed E-state index contributed by atoms with van der Waals surface area (Å²) in [4.78, 5) is 11.9. The first-order valence-corrected chi connectivity index (χ1v) is 7.16. The molecular formula is C17H16BrNO. The summed E-state index contributed by atoms with van der Waals surface area (Å²) >= 11 is 3.44. The first kappa shape index (κ1) is 14.5. The van der Waals surface area contributed by atoms with Crippen LogP contribution in [0, 0.1) is 13.8 Å². The van der Waals surface area contributed by atoms with Gasteiger partial charge in [0.25, 0.3) is 0 Å². The van der Waals surface area contributed by atoms with Crippen molar-refractivity contribution in [2.75, 3.05) is 5.32 Å². The highest BCUT2D eigenvalue weighted by Crippen LogP contribution is 2.23. The number of carbonyl (C=O) groups is 1. The van der Waals surface area contributed by atoms with Crippen molar-refractivity contribution in [3.8, 4) is 0 Å². The van der Waals surface area contributed by atoms with Crippen LogP contribution >= 0.6 is 15.9 Å². The zero-order chi connectivity index (χ0) is 14.5.